The Kier molecular flexibility index (Phi) is 9.86. The van der Waals surface area contributed by atoms with Crippen molar-refractivity contribution in [1.29, 1.82) is 0 Å². The van der Waals surface area contributed by atoms with Crippen LogP contribution in [0.2, 0.25) is 0 Å². The molecule has 1 rings (SSSR count). The summed E-state index contributed by atoms with van der Waals surface area (Å²) >= 11 is 2.07. The minimum Gasteiger partial charge on any atom is -0.316 e. The van der Waals surface area contributed by atoms with Crippen LogP contribution in [0.1, 0.15) is 44.2 Å². The number of rotatable bonds is 11. The molecular formula is C18H31NS. The molecule has 1 N–H and O–H groups in total. The Morgan fingerprint density at radius 1 is 1.20 bits per heavy atom. The minimum atomic E-state index is 0.778. The first-order valence-electron chi connectivity index (χ1n) is 8.10. The van der Waals surface area contributed by atoms with E-state index in [0.29, 0.717) is 0 Å². The van der Waals surface area contributed by atoms with Gasteiger partial charge in [0.05, 0.1) is 0 Å². The zero-order valence-corrected chi connectivity index (χ0v) is 14.3. The average molecular weight is 294 g/mol. The molecule has 1 aromatic rings. The van der Waals surface area contributed by atoms with Gasteiger partial charge in [-0.2, -0.15) is 11.8 Å². The fraction of sp³-hybridized carbons (Fsp3) is 0.667. The van der Waals surface area contributed by atoms with Crippen molar-refractivity contribution in [3.63, 3.8) is 0 Å². The molecule has 0 spiro atoms. The van der Waals surface area contributed by atoms with Crippen LogP contribution in [0.5, 0.6) is 0 Å². The Hall–Kier alpha value is -0.470. The molecule has 0 aliphatic rings. The van der Waals surface area contributed by atoms with E-state index in [-0.39, 0.29) is 0 Å². The van der Waals surface area contributed by atoms with Crippen molar-refractivity contribution in [3.8, 4) is 0 Å². The molecule has 20 heavy (non-hydrogen) atoms. The van der Waals surface area contributed by atoms with Crippen molar-refractivity contribution in [2.45, 2.75) is 46.5 Å². The second-order valence-electron chi connectivity index (χ2n) is 5.54. The Morgan fingerprint density at radius 2 is 2.00 bits per heavy atom. The standard InChI is InChI=1S/C18H31NS/c1-4-12-19-15-17(10-8-13-20-5-2)14-18-11-7-6-9-16(18)3/h6-7,9,11,17,19H,4-5,8,10,12-15H2,1-3H3. The summed E-state index contributed by atoms with van der Waals surface area (Å²) in [6.45, 7) is 9.03. The molecule has 1 aromatic carbocycles. The Balaban J connectivity index is 2.46. The third kappa shape index (κ3) is 7.35. The van der Waals surface area contributed by atoms with Crippen LogP contribution < -0.4 is 5.32 Å². The van der Waals surface area contributed by atoms with E-state index in [1.54, 1.807) is 0 Å². The molecule has 0 bridgehead atoms. The number of hydrogen-bond acceptors (Lipinski definition) is 2. The zero-order chi connectivity index (χ0) is 14.6. The van der Waals surface area contributed by atoms with Crippen molar-refractivity contribution >= 4 is 11.8 Å². The number of hydrogen-bond donors (Lipinski definition) is 1. The summed E-state index contributed by atoms with van der Waals surface area (Å²) < 4.78 is 0. The van der Waals surface area contributed by atoms with Crippen LogP contribution in [0, 0.1) is 12.8 Å². The maximum atomic E-state index is 3.61. The summed E-state index contributed by atoms with van der Waals surface area (Å²) in [5.74, 6) is 3.34. The van der Waals surface area contributed by atoms with E-state index in [0.717, 1.165) is 12.5 Å². The lowest BCUT2D eigenvalue weighted by atomic mass is 9.92. The zero-order valence-electron chi connectivity index (χ0n) is 13.5. The monoisotopic (exact) mass is 293 g/mol. The fourth-order valence-electron chi connectivity index (χ4n) is 2.53. The topological polar surface area (TPSA) is 12.0 Å². The number of benzene rings is 1. The van der Waals surface area contributed by atoms with Crippen LogP contribution >= 0.6 is 11.8 Å². The maximum absolute atomic E-state index is 3.61. The molecule has 0 aromatic heterocycles. The Bertz CT molecular complexity index is 351. The molecule has 0 radical (unpaired) electrons. The molecule has 0 aliphatic carbocycles. The molecule has 0 saturated carbocycles. The second-order valence-corrected chi connectivity index (χ2v) is 6.93. The predicted molar refractivity (Wildman–Crippen MR) is 93.8 cm³/mol. The lowest BCUT2D eigenvalue weighted by Crippen LogP contribution is -2.25. The number of aryl methyl sites for hydroxylation is 1. The van der Waals surface area contributed by atoms with Crippen molar-refractivity contribution < 1.29 is 0 Å². The Morgan fingerprint density at radius 3 is 2.70 bits per heavy atom. The van der Waals surface area contributed by atoms with Crippen LogP contribution in [0.3, 0.4) is 0 Å². The van der Waals surface area contributed by atoms with Crippen molar-refractivity contribution in [2.75, 3.05) is 24.6 Å². The van der Waals surface area contributed by atoms with E-state index in [1.165, 1.54) is 54.9 Å². The highest BCUT2D eigenvalue weighted by Crippen LogP contribution is 2.18. The van der Waals surface area contributed by atoms with Gasteiger partial charge in [0.1, 0.15) is 0 Å². The Labute approximate surface area is 129 Å². The lowest BCUT2D eigenvalue weighted by molar-refractivity contribution is 0.440. The number of thioether (sulfide) groups is 1. The molecule has 1 nitrogen and oxygen atoms in total. The first-order valence-corrected chi connectivity index (χ1v) is 9.26. The maximum Gasteiger partial charge on any atom is -0.00173 e. The molecular weight excluding hydrogens is 262 g/mol. The van der Waals surface area contributed by atoms with E-state index in [9.17, 15) is 0 Å². The van der Waals surface area contributed by atoms with Crippen LogP contribution in [0.25, 0.3) is 0 Å². The largest absolute Gasteiger partial charge is 0.316 e. The summed E-state index contributed by atoms with van der Waals surface area (Å²) in [6.07, 6.45) is 5.14. The lowest BCUT2D eigenvalue weighted by Gasteiger charge is -2.19. The third-order valence-corrected chi connectivity index (χ3v) is 4.72. The van der Waals surface area contributed by atoms with Gasteiger partial charge in [-0.15, -0.1) is 0 Å². The molecule has 114 valence electrons. The summed E-state index contributed by atoms with van der Waals surface area (Å²) in [4.78, 5) is 0. The van der Waals surface area contributed by atoms with E-state index in [4.69, 9.17) is 0 Å². The van der Waals surface area contributed by atoms with E-state index < -0.39 is 0 Å². The van der Waals surface area contributed by atoms with Crippen molar-refractivity contribution in [3.05, 3.63) is 35.4 Å². The van der Waals surface area contributed by atoms with Crippen molar-refractivity contribution in [2.24, 2.45) is 5.92 Å². The third-order valence-electron chi connectivity index (χ3n) is 3.73. The van der Waals surface area contributed by atoms with Crippen LogP contribution in [0.15, 0.2) is 24.3 Å². The van der Waals surface area contributed by atoms with Crippen LogP contribution in [-0.4, -0.2) is 24.6 Å². The van der Waals surface area contributed by atoms with Gasteiger partial charge in [-0.1, -0.05) is 38.1 Å². The normalized spacial score (nSPS) is 12.6. The molecule has 1 unspecified atom stereocenters. The summed E-state index contributed by atoms with van der Waals surface area (Å²) in [6, 6.07) is 8.84. The molecule has 1 atom stereocenters. The minimum absolute atomic E-state index is 0.778. The molecule has 0 heterocycles. The van der Waals surface area contributed by atoms with Gasteiger partial charge < -0.3 is 5.32 Å². The highest BCUT2D eigenvalue weighted by Gasteiger charge is 2.10. The molecule has 0 saturated heterocycles. The first kappa shape index (κ1) is 17.6. The second kappa shape index (κ2) is 11.2. The summed E-state index contributed by atoms with van der Waals surface area (Å²) in [5.41, 5.74) is 2.97. The van der Waals surface area contributed by atoms with Gasteiger partial charge >= 0.3 is 0 Å². The van der Waals surface area contributed by atoms with Crippen LogP contribution in [-0.2, 0) is 6.42 Å². The van der Waals surface area contributed by atoms with Gasteiger partial charge in [-0.05, 0) is 74.2 Å². The highest BCUT2D eigenvalue weighted by atomic mass is 32.2. The fourth-order valence-corrected chi connectivity index (χ4v) is 3.19. The van der Waals surface area contributed by atoms with Gasteiger partial charge in [-0.3, -0.25) is 0 Å². The smallest absolute Gasteiger partial charge is 0.00173 e. The van der Waals surface area contributed by atoms with Crippen molar-refractivity contribution in [1.82, 2.24) is 5.32 Å². The average Bonchev–Trinajstić information content (AvgIpc) is 2.46. The van der Waals surface area contributed by atoms with Gasteiger partial charge in [0, 0.05) is 0 Å². The van der Waals surface area contributed by atoms with E-state index in [2.05, 4.69) is 62.1 Å². The van der Waals surface area contributed by atoms with E-state index >= 15 is 0 Å². The van der Waals surface area contributed by atoms with E-state index in [1.807, 2.05) is 0 Å². The summed E-state index contributed by atoms with van der Waals surface area (Å²) in [7, 11) is 0. The first-order chi connectivity index (χ1) is 9.77. The van der Waals surface area contributed by atoms with Gasteiger partial charge in [0.2, 0.25) is 0 Å². The van der Waals surface area contributed by atoms with Gasteiger partial charge in [0.15, 0.2) is 0 Å². The molecule has 0 amide bonds. The highest BCUT2D eigenvalue weighted by molar-refractivity contribution is 7.99. The SMILES string of the molecule is CCCNCC(CCCSCC)Cc1ccccc1C. The summed E-state index contributed by atoms with van der Waals surface area (Å²) in [5, 5.41) is 3.61. The quantitative estimate of drug-likeness (QED) is 0.594. The molecule has 0 fully saturated rings. The molecule has 2 heteroatoms. The van der Waals surface area contributed by atoms with Gasteiger partial charge in [0.25, 0.3) is 0 Å². The number of nitrogens with one attached hydrogen (secondary N) is 1. The van der Waals surface area contributed by atoms with Gasteiger partial charge in [-0.25, -0.2) is 0 Å². The predicted octanol–water partition coefficient (Wildman–Crippen LogP) is 4.69. The van der Waals surface area contributed by atoms with Crippen LogP contribution in [0.4, 0.5) is 0 Å². The molecule has 0 aliphatic heterocycles.